The Morgan fingerprint density at radius 1 is 1.14 bits per heavy atom. The van der Waals surface area contributed by atoms with Gasteiger partial charge in [0, 0.05) is 31.7 Å². The number of nitrogens with one attached hydrogen (secondary N) is 1. The molecule has 7 heteroatoms. The van der Waals surface area contributed by atoms with Crippen LogP contribution in [0.4, 0.5) is 5.69 Å². The minimum Gasteiger partial charge on any atom is -0.459 e. The number of aryl methyl sites for hydroxylation is 1. The van der Waals surface area contributed by atoms with Crippen molar-refractivity contribution < 1.29 is 18.8 Å². The Bertz CT molecular complexity index is 822. The van der Waals surface area contributed by atoms with Gasteiger partial charge in [0.1, 0.15) is 0 Å². The van der Waals surface area contributed by atoms with Gasteiger partial charge in [-0.1, -0.05) is 17.7 Å². The largest absolute Gasteiger partial charge is 0.459 e. The molecule has 0 aliphatic carbocycles. The molecule has 148 valence electrons. The molecular formula is C21H25N3O4. The Kier molecular flexibility index (Phi) is 6.13. The van der Waals surface area contributed by atoms with Gasteiger partial charge in [-0.25, -0.2) is 0 Å². The number of likely N-dealkylation sites (tertiary alicyclic amines) is 1. The van der Waals surface area contributed by atoms with E-state index < -0.39 is 0 Å². The molecule has 3 rings (SSSR count). The van der Waals surface area contributed by atoms with Crippen LogP contribution in [0.1, 0.15) is 29.0 Å². The molecule has 0 atom stereocenters. The zero-order chi connectivity index (χ0) is 20.1. The molecule has 1 saturated heterocycles. The fourth-order valence-corrected chi connectivity index (χ4v) is 3.33. The Hall–Kier alpha value is -3.09. The van der Waals surface area contributed by atoms with Crippen LogP contribution in [-0.4, -0.2) is 54.2 Å². The van der Waals surface area contributed by atoms with Gasteiger partial charge in [-0.2, -0.15) is 0 Å². The zero-order valence-corrected chi connectivity index (χ0v) is 16.2. The molecule has 7 nitrogen and oxygen atoms in total. The lowest BCUT2D eigenvalue weighted by atomic mass is 9.95. The van der Waals surface area contributed by atoms with Crippen LogP contribution in [0.2, 0.25) is 0 Å². The number of likely N-dealkylation sites (N-methyl/N-ethyl adjacent to an activating group) is 1. The molecule has 0 spiro atoms. The average molecular weight is 383 g/mol. The van der Waals surface area contributed by atoms with E-state index in [0.717, 1.165) is 5.56 Å². The van der Waals surface area contributed by atoms with Gasteiger partial charge in [0.15, 0.2) is 5.76 Å². The maximum atomic E-state index is 12.7. The Morgan fingerprint density at radius 3 is 2.43 bits per heavy atom. The molecule has 28 heavy (non-hydrogen) atoms. The van der Waals surface area contributed by atoms with Crippen molar-refractivity contribution in [1.82, 2.24) is 9.80 Å². The summed E-state index contributed by atoms with van der Waals surface area (Å²) in [4.78, 5) is 40.3. The molecule has 0 radical (unpaired) electrons. The van der Waals surface area contributed by atoms with Crippen molar-refractivity contribution in [1.29, 1.82) is 0 Å². The second-order valence-electron chi connectivity index (χ2n) is 7.15. The minimum absolute atomic E-state index is 0.00174. The standard InChI is InChI=1S/C21H25N3O4/c1-15-5-7-17(8-6-15)22-19(25)14-23(2)20(26)16-9-11-24(12-10-16)21(27)18-4-3-13-28-18/h3-8,13,16H,9-12,14H2,1-2H3,(H,22,25). The molecule has 1 aromatic carbocycles. The van der Waals surface area contributed by atoms with Gasteiger partial charge in [0.05, 0.1) is 12.8 Å². The molecule has 0 bridgehead atoms. The molecule has 0 unspecified atom stereocenters. The summed E-state index contributed by atoms with van der Waals surface area (Å²) in [5.41, 5.74) is 1.82. The lowest BCUT2D eigenvalue weighted by Crippen LogP contribution is -2.45. The second-order valence-corrected chi connectivity index (χ2v) is 7.15. The number of hydrogen-bond acceptors (Lipinski definition) is 4. The van der Waals surface area contributed by atoms with Gasteiger partial charge in [-0.05, 0) is 44.0 Å². The number of carbonyl (C=O) groups is 3. The van der Waals surface area contributed by atoms with Crippen molar-refractivity contribution in [3.05, 3.63) is 54.0 Å². The highest BCUT2D eigenvalue weighted by Gasteiger charge is 2.30. The first kappa shape index (κ1) is 19.7. The van der Waals surface area contributed by atoms with Crippen molar-refractivity contribution in [2.75, 3.05) is 32.0 Å². The van der Waals surface area contributed by atoms with E-state index in [2.05, 4.69) is 5.32 Å². The Labute approximate surface area is 164 Å². The number of furan rings is 1. The van der Waals surface area contributed by atoms with Crippen LogP contribution in [-0.2, 0) is 9.59 Å². The van der Waals surface area contributed by atoms with E-state index in [1.807, 2.05) is 31.2 Å². The van der Waals surface area contributed by atoms with Crippen molar-refractivity contribution in [3.8, 4) is 0 Å². The summed E-state index contributed by atoms with van der Waals surface area (Å²) in [5, 5.41) is 2.80. The molecular weight excluding hydrogens is 358 g/mol. The molecule has 1 aliphatic rings. The highest BCUT2D eigenvalue weighted by molar-refractivity contribution is 5.95. The third-order valence-corrected chi connectivity index (χ3v) is 4.96. The second kappa shape index (κ2) is 8.73. The SMILES string of the molecule is Cc1ccc(NC(=O)CN(C)C(=O)C2CCN(C(=O)c3ccco3)CC2)cc1. The lowest BCUT2D eigenvalue weighted by Gasteiger charge is -2.32. The molecule has 2 heterocycles. The van der Waals surface area contributed by atoms with Gasteiger partial charge in [-0.3, -0.25) is 14.4 Å². The smallest absolute Gasteiger partial charge is 0.289 e. The van der Waals surface area contributed by atoms with Gasteiger partial charge in [-0.15, -0.1) is 0 Å². The third-order valence-electron chi connectivity index (χ3n) is 4.96. The highest BCUT2D eigenvalue weighted by Crippen LogP contribution is 2.21. The fourth-order valence-electron chi connectivity index (χ4n) is 3.33. The van der Waals surface area contributed by atoms with Crippen molar-refractivity contribution in [3.63, 3.8) is 0 Å². The van der Waals surface area contributed by atoms with Crippen LogP contribution >= 0.6 is 0 Å². The number of carbonyl (C=O) groups excluding carboxylic acids is 3. The molecule has 1 aromatic heterocycles. The number of hydrogen-bond donors (Lipinski definition) is 1. The molecule has 1 aliphatic heterocycles. The van der Waals surface area contributed by atoms with Crippen LogP contribution < -0.4 is 5.32 Å². The summed E-state index contributed by atoms with van der Waals surface area (Å²) in [7, 11) is 1.64. The van der Waals surface area contributed by atoms with Gasteiger partial charge in [0.2, 0.25) is 11.8 Å². The van der Waals surface area contributed by atoms with Crippen LogP contribution in [0.25, 0.3) is 0 Å². The summed E-state index contributed by atoms with van der Waals surface area (Å²) in [6, 6.07) is 10.8. The Morgan fingerprint density at radius 2 is 1.82 bits per heavy atom. The summed E-state index contributed by atoms with van der Waals surface area (Å²) in [6.07, 6.45) is 2.63. The van der Waals surface area contributed by atoms with E-state index in [1.54, 1.807) is 24.1 Å². The molecule has 1 N–H and O–H groups in total. The van der Waals surface area contributed by atoms with E-state index in [1.165, 1.54) is 11.2 Å². The molecule has 2 aromatic rings. The van der Waals surface area contributed by atoms with Gasteiger partial charge >= 0.3 is 0 Å². The maximum Gasteiger partial charge on any atom is 0.289 e. The fraction of sp³-hybridized carbons (Fsp3) is 0.381. The summed E-state index contributed by atoms with van der Waals surface area (Å²) < 4.78 is 5.15. The quantitative estimate of drug-likeness (QED) is 0.860. The third kappa shape index (κ3) is 4.79. The van der Waals surface area contributed by atoms with E-state index in [9.17, 15) is 14.4 Å². The van der Waals surface area contributed by atoms with E-state index in [0.29, 0.717) is 37.4 Å². The summed E-state index contributed by atoms with van der Waals surface area (Å²) in [6.45, 7) is 2.97. The maximum absolute atomic E-state index is 12.7. The molecule has 3 amide bonds. The van der Waals surface area contributed by atoms with E-state index >= 15 is 0 Å². The van der Waals surface area contributed by atoms with Crippen LogP contribution in [0.15, 0.2) is 47.1 Å². The minimum atomic E-state index is -0.231. The lowest BCUT2D eigenvalue weighted by molar-refractivity contribution is -0.138. The van der Waals surface area contributed by atoms with Gasteiger partial charge < -0.3 is 19.5 Å². The molecule has 1 fully saturated rings. The van der Waals surface area contributed by atoms with Crippen molar-refractivity contribution >= 4 is 23.4 Å². The average Bonchev–Trinajstić information content (AvgIpc) is 3.23. The topological polar surface area (TPSA) is 82.9 Å². The Balaban J connectivity index is 1.47. The summed E-state index contributed by atoms with van der Waals surface area (Å²) in [5.74, 6) is -0.316. The number of anilines is 1. The monoisotopic (exact) mass is 383 g/mol. The van der Waals surface area contributed by atoms with Crippen molar-refractivity contribution in [2.24, 2.45) is 5.92 Å². The first-order valence-electron chi connectivity index (χ1n) is 9.38. The predicted octanol–water partition coefficient (Wildman–Crippen LogP) is 2.54. The van der Waals surface area contributed by atoms with Crippen LogP contribution in [0.5, 0.6) is 0 Å². The number of nitrogens with zero attached hydrogens (tertiary/aromatic N) is 2. The predicted molar refractivity (Wildman–Crippen MR) is 105 cm³/mol. The first-order chi connectivity index (χ1) is 13.4. The number of rotatable bonds is 5. The number of piperidine rings is 1. The zero-order valence-electron chi connectivity index (χ0n) is 16.2. The first-order valence-corrected chi connectivity index (χ1v) is 9.38. The van der Waals surface area contributed by atoms with Crippen molar-refractivity contribution in [2.45, 2.75) is 19.8 Å². The van der Waals surface area contributed by atoms with E-state index in [4.69, 9.17) is 4.42 Å². The normalized spacial score (nSPS) is 14.6. The number of benzene rings is 1. The summed E-state index contributed by atoms with van der Waals surface area (Å²) >= 11 is 0. The van der Waals surface area contributed by atoms with Gasteiger partial charge in [0.25, 0.3) is 5.91 Å². The highest BCUT2D eigenvalue weighted by atomic mass is 16.3. The van der Waals surface area contributed by atoms with E-state index in [-0.39, 0.29) is 30.2 Å². The van der Waals surface area contributed by atoms with Crippen LogP contribution in [0.3, 0.4) is 0 Å². The molecule has 0 saturated carbocycles. The number of amides is 3. The van der Waals surface area contributed by atoms with Crippen LogP contribution in [0, 0.1) is 12.8 Å².